The molecule has 1 aromatic heterocycles. The smallest absolute Gasteiger partial charge is 0.223 e. The van der Waals surface area contributed by atoms with Gasteiger partial charge in [0.25, 0.3) is 0 Å². The van der Waals surface area contributed by atoms with E-state index in [1.807, 2.05) is 58.5 Å². The van der Waals surface area contributed by atoms with Crippen LogP contribution in [0.3, 0.4) is 0 Å². The Morgan fingerprint density at radius 1 is 0.892 bits per heavy atom. The summed E-state index contributed by atoms with van der Waals surface area (Å²) in [6.07, 6.45) is 7.97. The lowest BCUT2D eigenvalue weighted by Crippen LogP contribution is -2.45. The Morgan fingerprint density at radius 2 is 1.65 bits per heavy atom. The number of benzene rings is 2. The van der Waals surface area contributed by atoms with Gasteiger partial charge in [0.05, 0.1) is 0 Å². The molecule has 2 amide bonds. The van der Waals surface area contributed by atoms with Gasteiger partial charge >= 0.3 is 0 Å². The van der Waals surface area contributed by atoms with Crippen LogP contribution in [0.5, 0.6) is 0 Å². The molecule has 192 valence electrons. The van der Waals surface area contributed by atoms with Gasteiger partial charge in [-0.25, -0.2) is 0 Å². The van der Waals surface area contributed by atoms with E-state index in [1.165, 1.54) is 11.1 Å². The van der Waals surface area contributed by atoms with Gasteiger partial charge in [-0.3, -0.25) is 19.5 Å². The van der Waals surface area contributed by atoms with Crippen molar-refractivity contribution >= 4 is 17.5 Å². The van der Waals surface area contributed by atoms with Crippen molar-refractivity contribution in [2.75, 3.05) is 18.0 Å². The van der Waals surface area contributed by atoms with Crippen LogP contribution in [0.25, 0.3) is 0 Å². The zero-order valence-electron chi connectivity index (χ0n) is 21.6. The fourth-order valence-electron chi connectivity index (χ4n) is 5.88. The van der Waals surface area contributed by atoms with Gasteiger partial charge < -0.3 is 9.80 Å². The number of aromatic nitrogens is 1. The summed E-state index contributed by atoms with van der Waals surface area (Å²) in [7, 11) is 0. The van der Waals surface area contributed by atoms with E-state index in [2.05, 4.69) is 34.1 Å². The van der Waals surface area contributed by atoms with E-state index in [1.54, 1.807) is 13.1 Å². The topological polar surface area (TPSA) is 56.8 Å². The number of carbonyl (C=O) groups excluding carboxylic acids is 2. The molecule has 0 N–H and O–H groups in total. The minimum atomic E-state index is 0.0435. The number of para-hydroxylation sites is 1. The van der Waals surface area contributed by atoms with E-state index < -0.39 is 0 Å². The molecule has 2 aliphatic rings. The molecule has 37 heavy (non-hydrogen) atoms. The molecule has 3 heterocycles. The van der Waals surface area contributed by atoms with Gasteiger partial charge in [-0.05, 0) is 54.5 Å². The Labute approximate surface area is 219 Å². The van der Waals surface area contributed by atoms with Crippen LogP contribution in [0, 0.1) is 0 Å². The van der Waals surface area contributed by atoms with Gasteiger partial charge in [0, 0.05) is 69.7 Å². The van der Waals surface area contributed by atoms with Crippen molar-refractivity contribution in [2.45, 2.75) is 64.2 Å². The molecule has 6 nitrogen and oxygen atoms in total. The summed E-state index contributed by atoms with van der Waals surface area (Å²) < 4.78 is 0. The van der Waals surface area contributed by atoms with Gasteiger partial charge in [0.2, 0.25) is 11.8 Å². The third-order valence-electron chi connectivity index (χ3n) is 7.82. The van der Waals surface area contributed by atoms with Gasteiger partial charge in [-0.15, -0.1) is 0 Å². The number of carbonyl (C=O) groups is 2. The predicted molar refractivity (Wildman–Crippen MR) is 146 cm³/mol. The number of hydrogen-bond acceptors (Lipinski definition) is 4. The second kappa shape index (κ2) is 11.7. The SMILES string of the molecule is CC(=O)N1CCC2CCC(CN(C(=O)CCc3ccccc3)Cc3ccccc31)N2Cc1cccnc1. The fourth-order valence-corrected chi connectivity index (χ4v) is 5.88. The van der Waals surface area contributed by atoms with Crippen molar-refractivity contribution < 1.29 is 9.59 Å². The van der Waals surface area contributed by atoms with Crippen LogP contribution in [0.1, 0.15) is 49.3 Å². The predicted octanol–water partition coefficient (Wildman–Crippen LogP) is 4.83. The zero-order chi connectivity index (χ0) is 25.6. The Balaban J connectivity index is 1.45. The maximum Gasteiger partial charge on any atom is 0.223 e. The van der Waals surface area contributed by atoms with Crippen molar-refractivity contribution in [3.63, 3.8) is 0 Å². The van der Waals surface area contributed by atoms with Crippen LogP contribution in [-0.2, 0) is 29.1 Å². The molecular formula is C31H36N4O2. The van der Waals surface area contributed by atoms with Crippen molar-refractivity contribution in [3.8, 4) is 0 Å². The molecule has 5 rings (SSSR count). The number of fused-ring (bicyclic) bond motifs is 3. The molecule has 1 fully saturated rings. The Hall–Kier alpha value is -3.51. The van der Waals surface area contributed by atoms with Gasteiger partial charge in [0.1, 0.15) is 0 Å². The number of hydrogen-bond donors (Lipinski definition) is 0. The van der Waals surface area contributed by atoms with Crippen LogP contribution in [-0.4, -0.2) is 51.8 Å². The first kappa shape index (κ1) is 25.2. The van der Waals surface area contributed by atoms with E-state index in [0.29, 0.717) is 32.1 Å². The van der Waals surface area contributed by atoms with Crippen LogP contribution < -0.4 is 4.90 Å². The number of pyridine rings is 1. The first-order valence-electron chi connectivity index (χ1n) is 13.4. The minimum Gasteiger partial charge on any atom is -0.337 e. The second-order valence-corrected chi connectivity index (χ2v) is 10.3. The average Bonchev–Trinajstić information content (AvgIpc) is 3.28. The largest absolute Gasteiger partial charge is 0.337 e. The zero-order valence-corrected chi connectivity index (χ0v) is 21.6. The van der Waals surface area contributed by atoms with Crippen molar-refractivity contribution in [3.05, 3.63) is 95.8 Å². The van der Waals surface area contributed by atoms with Crippen molar-refractivity contribution in [2.24, 2.45) is 0 Å². The molecule has 2 unspecified atom stereocenters. The van der Waals surface area contributed by atoms with Crippen LogP contribution in [0.4, 0.5) is 5.69 Å². The summed E-state index contributed by atoms with van der Waals surface area (Å²) in [6, 6.07) is 23.0. The third-order valence-corrected chi connectivity index (χ3v) is 7.82. The summed E-state index contributed by atoms with van der Waals surface area (Å²) >= 11 is 0. The van der Waals surface area contributed by atoms with Gasteiger partial charge in [0.15, 0.2) is 0 Å². The summed E-state index contributed by atoms with van der Waals surface area (Å²) in [5.74, 6) is 0.207. The standard InChI is InChI=1S/C31H36N4O2/c1-24(36)34-19-17-28-14-15-29(35(28)21-26-10-7-18-32-20-26)23-33(22-27-11-5-6-12-30(27)34)31(37)16-13-25-8-3-2-4-9-25/h2-12,18,20,28-29H,13-17,19,21-23H2,1H3. The van der Waals surface area contributed by atoms with E-state index in [0.717, 1.165) is 43.5 Å². The lowest BCUT2D eigenvalue weighted by Gasteiger charge is -2.34. The minimum absolute atomic E-state index is 0.0435. The monoisotopic (exact) mass is 496 g/mol. The molecule has 3 aromatic rings. The highest BCUT2D eigenvalue weighted by Crippen LogP contribution is 2.32. The van der Waals surface area contributed by atoms with E-state index in [9.17, 15) is 9.59 Å². The maximum atomic E-state index is 13.7. The van der Waals surface area contributed by atoms with Crippen LogP contribution >= 0.6 is 0 Å². The van der Waals surface area contributed by atoms with E-state index in [4.69, 9.17) is 0 Å². The molecule has 1 saturated heterocycles. The molecule has 0 saturated carbocycles. The number of nitrogens with zero attached hydrogens (tertiary/aromatic N) is 4. The molecule has 2 atom stereocenters. The van der Waals surface area contributed by atoms with Gasteiger partial charge in [-0.1, -0.05) is 54.6 Å². The Morgan fingerprint density at radius 3 is 2.43 bits per heavy atom. The lowest BCUT2D eigenvalue weighted by atomic mass is 10.1. The Bertz CT molecular complexity index is 1200. The molecule has 0 radical (unpaired) electrons. The highest BCUT2D eigenvalue weighted by atomic mass is 16.2. The second-order valence-electron chi connectivity index (χ2n) is 10.3. The summed E-state index contributed by atoms with van der Waals surface area (Å²) in [4.78, 5) is 37.3. The quantitative estimate of drug-likeness (QED) is 0.508. The average molecular weight is 497 g/mol. The summed E-state index contributed by atoms with van der Waals surface area (Å²) in [5, 5.41) is 0. The Kier molecular flexibility index (Phi) is 7.95. The van der Waals surface area contributed by atoms with Crippen LogP contribution in [0.2, 0.25) is 0 Å². The molecular weight excluding hydrogens is 460 g/mol. The molecule has 2 bridgehead atoms. The summed E-state index contributed by atoms with van der Waals surface area (Å²) in [6.45, 7) is 4.33. The van der Waals surface area contributed by atoms with Gasteiger partial charge in [-0.2, -0.15) is 0 Å². The normalized spacial score (nSPS) is 20.2. The fraction of sp³-hybridized carbons (Fsp3) is 0.387. The highest BCUT2D eigenvalue weighted by molar-refractivity contribution is 5.92. The molecule has 2 aromatic carbocycles. The third kappa shape index (κ3) is 6.08. The maximum absolute atomic E-state index is 13.7. The van der Waals surface area contributed by atoms with E-state index in [-0.39, 0.29) is 17.9 Å². The molecule has 0 aliphatic carbocycles. The summed E-state index contributed by atoms with van der Waals surface area (Å²) in [5.41, 5.74) is 4.31. The highest BCUT2D eigenvalue weighted by Gasteiger charge is 2.36. The number of aryl methyl sites for hydroxylation is 1. The first-order valence-corrected chi connectivity index (χ1v) is 13.4. The number of amides is 2. The molecule has 2 aliphatic heterocycles. The number of anilines is 1. The lowest BCUT2D eigenvalue weighted by molar-refractivity contribution is -0.132. The van der Waals surface area contributed by atoms with Crippen molar-refractivity contribution in [1.82, 2.24) is 14.8 Å². The van der Waals surface area contributed by atoms with Crippen LogP contribution in [0.15, 0.2) is 79.1 Å². The molecule has 6 heteroatoms. The van der Waals surface area contributed by atoms with E-state index >= 15 is 0 Å². The first-order chi connectivity index (χ1) is 18.1. The molecule has 0 spiro atoms. The van der Waals surface area contributed by atoms with Crippen molar-refractivity contribution in [1.29, 1.82) is 0 Å². The number of rotatable bonds is 5.